The Balaban J connectivity index is 1.72. The fourth-order valence-electron chi connectivity index (χ4n) is 2.78. The summed E-state index contributed by atoms with van der Waals surface area (Å²) >= 11 is 1.62. The first-order valence-electron chi connectivity index (χ1n) is 8.62. The van der Waals surface area contributed by atoms with E-state index < -0.39 is 10.0 Å². The largest absolute Gasteiger partial charge is 0.319 e. The Labute approximate surface area is 158 Å². The van der Waals surface area contributed by atoms with E-state index in [1.54, 1.807) is 11.8 Å². The molecule has 0 bridgehead atoms. The van der Waals surface area contributed by atoms with Crippen molar-refractivity contribution < 1.29 is 8.42 Å². The van der Waals surface area contributed by atoms with Crippen LogP contribution in [0.2, 0.25) is 0 Å². The highest BCUT2D eigenvalue weighted by atomic mass is 32.2. The van der Waals surface area contributed by atoms with Crippen LogP contribution in [0.5, 0.6) is 0 Å². The van der Waals surface area contributed by atoms with E-state index in [-0.39, 0.29) is 5.75 Å². The normalized spacial score (nSPS) is 11.9. The zero-order chi connectivity index (χ0) is 18.4. The summed E-state index contributed by atoms with van der Waals surface area (Å²) in [7, 11) is -1.70. The average Bonchev–Trinajstić information content (AvgIpc) is 3.02. The Kier molecular flexibility index (Phi) is 6.34. The lowest BCUT2D eigenvalue weighted by Crippen LogP contribution is -2.22. The van der Waals surface area contributed by atoms with Gasteiger partial charge in [-0.15, -0.1) is 0 Å². The van der Waals surface area contributed by atoms with Crippen LogP contribution in [0.4, 0.5) is 0 Å². The molecular weight excluding hydrogens is 366 g/mol. The summed E-state index contributed by atoms with van der Waals surface area (Å²) in [6.45, 7) is 0.849. The highest BCUT2D eigenvalue weighted by Gasteiger charge is 2.12. The fraction of sp³-hybridized carbons (Fsp3) is 0.316. The minimum absolute atomic E-state index is 0.140. The highest BCUT2D eigenvalue weighted by Crippen LogP contribution is 2.25. The van der Waals surface area contributed by atoms with Crippen molar-refractivity contribution in [2.24, 2.45) is 0 Å². The number of sulfonamides is 1. The smallest absolute Gasteiger partial charge is 0.211 e. The van der Waals surface area contributed by atoms with Crippen molar-refractivity contribution in [2.45, 2.75) is 24.5 Å². The van der Waals surface area contributed by atoms with Crippen LogP contribution < -0.4 is 4.72 Å². The van der Waals surface area contributed by atoms with Crippen LogP contribution in [-0.2, 0) is 23.0 Å². The van der Waals surface area contributed by atoms with Gasteiger partial charge in [-0.1, -0.05) is 54.2 Å². The van der Waals surface area contributed by atoms with Crippen LogP contribution in [-0.4, -0.2) is 36.5 Å². The summed E-state index contributed by atoms with van der Waals surface area (Å²) in [5.74, 6) is 0.857. The van der Waals surface area contributed by atoms with E-state index in [0.29, 0.717) is 6.42 Å². The van der Waals surface area contributed by atoms with Crippen molar-refractivity contribution in [1.82, 2.24) is 14.3 Å². The Hall–Kier alpha value is -1.83. The minimum atomic E-state index is -3.15. The summed E-state index contributed by atoms with van der Waals surface area (Å²) in [5.41, 5.74) is 3.39. The van der Waals surface area contributed by atoms with Gasteiger partial charge >= 0.3 is 0 Å². The van der Waals surface area contributed by atoms with Crippen LogP contribution >= 0.6 is 11.8 Å². The van der Waals surface area contributed by atoms with Crippen LogP contribution in [0.15, 0.2) is 59.8 Å². The number of benzene rings is 2. The monoisotopic (exact) mass is 389 g/mol. The molecule has 0 amide bonds. The molecule has 1 N–H and O–H groups in total. The van der Waals surface area contributed by atoms with Gasteiger partial charge in [0, 0.05) is 12.3 Å². The van der Waals surface area contributed by atoms with Crippen molar-refractivity contribution in [2.75, 3.05) is 18.6 Å². The number of imidazole rings is 1. The van der Waals surface area contributed by atoms with Gasteiger partial charge in [0.1, 0.15) is 0 Å². The fourth-order valence-corrected chi connectivity index (χ4v) is 4.67. The molecule has 0 saturated heterocycles. The molecule has 1 heterocycles. The topological polar surface area (TPSA) is 64.0 Å². The maximum Gasteiger partial charge on any atom is 0.211 e. The molecule has 2 aromatic carbocycles. The molecule has 3 rings (SSSR count). The third-order valence-corrected chi connectivity index (χ3v) is 6.70. The van der Waals surface area contributed by atoms with E-state index in [4.69, 9.17) is 4.98 Å². The SMILES string of the molecule is CNS(=O)(=O)CCCSc1nc2ccccc2n1CCc1ccccc1. The lowest BCUT2D eigenvalue weighted by atomic mass is 10.1. The van der Waals surface area contributed by atoms with Crippen LogP contribution in [0, 0.1) is 0 Å². The van der Waals surface area contributed by atoms with Crippen molar-refractivity contribution in [1.29, 1.82) is 0 Å². The zero-order valence-corrected chi connectivity index (χ0v) is 16.4. The number of fused-ring (bicyclic) bond motifs is 1. The Bertz CT molecular complexity index is 953. The molecule has 0 aliphatic rings. The minimum Gasteiger partial charge on any atom is -0.319 e. The van der Waals surface area contributed by atoms with E-state index in [2.05, 4.69) is 39.6 Å². The van der Waals surface area contributed by atoms with E-state index >= 15 is 0 Å². The highest BCUT2D eigenvalue weighted by molar-refractivity contribution is 7.99. The number of para-hydroxylation sites is 2. The lowest BCUT2D eigenvalue weighted by molar-refractivity contribution is 0.587. The third-order valence-electron chi connectivity index (χ3n) is 4.19. The quantitative estimate of drug-likeness (QED) is 0.450. The van der Waals surface area contributed by atoms with Gasteiger partial charge < -0.3 is 4.57 Å². The molecule has 138 valence electrons. The predicted octanol–water partition coefficient (Wildman–Crippen LogP) is 3.31. The van der Waals surface area contributed by atoms with Gasteiger partial charge in [-0.25, -0.2) is 18.1 Å². The number of hydrogen-bond acceptors (Lipinski definition) is 4. The van der Waals surface area contributed by atoms with E-state index in [0.717, 1.165) is 34.9 Å². The van der Waals surface area contributed by atoms with Crippen molar-refractivity contribution in [3.8, 4) is 0 Å². The molecule has 0 aliphatic heterocycles. The number of nitrogens with zero attached hydrogens (tertiary/aromatic N) is 2. The first-order valence-corrected chi connectivity index (χ1v) is 11.3. The molecule has 7 heteroatoms. The molecule has 0 atom stereocenters. The van der Waals surface area contributed by atoms with Crippen LogP contribution in [0.3, 0.4) is 0 Å². The average molecular weight is 390 g/mol. The maximum absolute atomic E-state index is 11.5. The number of nitrogens with one attached hydrogen (secondary N) is 1. The molecule has 26 heavy (non-hydrogen) atoms. The zero-order valence-electron chi connectivity index (χ0n) is 14.8. The van der Waals surface area contributed by atoms with Gasteiger partial charge in [0.25, 0.3) is 0 Å². The molecule has 5 nitrogen and oxygen atoms in total. The number of thioether (sulfide) groups is 1. The van der Waals surface area contributed by atoms with Crippen LogP contribution in [0.25, 0.3) is 11.0 Å². The molecule has 0 spiro atoms. The predicted molar refractivity (Wildman–Crippen MR) is 108 cm³/mol. The molecule has 3 aromatic rings. The molecule has 0 radical (unpaired) electrons. The van der Waals surface area contributed by atoms with Crippen LogP contribution in [0.1, 0.15) is 12.0 Å². The second-order valence-electron chi connectivity index (χ2n) is 6.00. The van der Waals surface area contributed by atoms with Gasteiger partial charge in [-0.2, -0.15) is 0 Å². The van der Waals surface area contributed by atoms with Gasteiger partial charge in [0.2, 0.25) is 10.0 Å². The molecule has 0 saturated carbocycles. The van der Waals surface area contributed by atoms with Gasteiger partial charge in [0.05, 0.1) is 16.8 Å². The second kappa shape index (κ2) is 8.70. The Morgan fingerprint density at radius 3 is 2.58 bits per heavy atom. The second-order valence-corrected chi connectivity index (χ2v) is 9.10. The van der Waals surface area contributed by atoms with Gasteiger partial charge in [-0.05, 0) is 37.6 Å². The molecule has 0 fully saturated rings. The van der Waals surface area contributed by atoms with E-state index in [1.807, 2.05) is 24.3 Å². The summed E-state index contributed by atoms with van der Waals surface area (Å²) in [4.78, 5) is 4.74. The third kappa shape index (κ3) is 4.87. The maximum atomic E-state index is 11.5. The summed E-state index contributed by atoms with van der Waals surface area (Å²) in [5, 5.41) is 0.948. The van der Waals surface area contributed by atoms with Gasteiger partial charge in [-0.3, -0.25) is 0 Å². The van der Waals surface area contributed by atoms with Crippen molar-refractivity contribution in [3.05, 3.63) is 60.2 Å². The summed E-state index contributed by atoms with van der Waals surface area (Å²) in [6, 6.07) is 18.5. The number of aromatic nitrogens is 2. The molecule has 0 aliphatic carbocycles. The number of aryl methyl sites for hydroxylation is 2. The lowest BCUT2D eigenvalue weighted by Gasteiger charge is -2.09. The first-order chi connectivity index (χ1) is 12.6. The summed E-state index contributed by atoms with van der Waals surface area (Å²) < 4.78 is 27.7. The number of hydrogen-bond donors (Lipinski definition) is 1. The molecule has 1 aromatic heterocycles. The molecule has 0 unspecified atom stereocenters. The summed E-state index contributed by atoms with van der Waals surface area (Å²) in [6.07, 6.45) is 1.53. The van der Waals surface area contributed by atoms with E-state index in [9.17, 15) is 8.42 Å². The van der Waals surface area contributed by atoms with Crippen molar-refractivity contribution >= 4 is 32.8 Å². The first kappa shape index (κ1) is 18.9. The Morgan fingerprint density at radius 1 is 1.08 bits per heavy atom. The number of rotatable bonds is 9. The Morgan fingerprint density at radius 2 is 1.81 bits per heavy atom. The van der Waals surface area contributed by atoms with E-state index in [1.165, 1.54) is 12.6 Å². The standard InChI is InChI=1S/C19H23N3O2S2/c1-20-26(23,24)15-7-14-25-19-21-17-10-5-6-11-18(17)22(19)13-12-16-8-3-2-4-9-16/h2-6,8-11,20H,7,12-15H2,1H3. The van der Waals surface area contributed by atoms with Crippen molar-refractivity contribution in [3.63, 3.8) is 0 Å². The molecular formula is C19H23N3O2S2. The van der Waals surface area contributed by atoms with Gasteiger partial charge in [0.15, 0.2) is 5.16 Å².